The second-order valence-corrected chi connectivity index (χ2v) is 9.65. The molecule has 38 heavy (non-hydrogen) atoms. The maximum Gasteiger partial charge on any atom is 0.332 e. The number of Topliss-reactive ketones (excluding diaryl/α,β-unsaturated/α-hetero) is 1. The largest absolute Gasteiger partial charge is 0.332 e. The van der Waals surface area contributed by atoms with Gasteiger partial charge in [-0.05, 0) is 55.5 Å². The van der Waals surface area contributed by atoms with Crippen molar-refractivity contribution in [2.75, 3.05) is 0 Å². The van der Waals surface area contributed by atoms with Crippen LogP contribution in [0.3, 0.4) is 0 Å². The van der Waals surface area contributed by atoms with Gasteiger partial charge in [-0.25, -0.2) is 4.79 Å². The van der Waals surface area contributed by atoms with Gasteiger partial charge in [-0.1, -0.05) is 52.8 Å². The summed E-state index contributed by atoms with van der Waals surface area (Å²) in [5.74, 6) is -1.01. The molecule has 0 fully saturated rings. The van der Waals surface area contributed by atoms with E-state index in [-0.39, 0.29) is 16.5 Å². The molecule has 0 spiro atoms. The molecule has 0 aliphatic heterocycles. The molecule has 0 radical (unpaired) electrons. The predicted octanol–water partition coefficient (Wildman–Crippen LogP) is 6.85. The SMILES string of the molecule is CC(=O)ON=C(Sc1cccc(C)c1)C(=O)c1ccc2c(c1)c1ccccc1n2-c1ccc([N+](=O)[O-])cc1. The molecule has 1 heterocycles. The van der Waals surface area contributed by atoms with Crippen molar-refractivity contribution < 1.29 is 19.3 Å². The molecule has 0 amide bonds. The summed E-state index contributed by atoms with van der Waals surface area (Å²) >= 11 is 1.13. The van der Waals surface area contributed by atoms with E-state index in [1.165, 1.54) is 19.1 Å². The number of rotatable bonds is 6. The highest BCUT2D eigenvalue weighted by molar-refractivity contribution is 8.15. The normalized spacial score (nSPS) is 11.6. The zero-order chi connectivity index (χ0) is 26.8. The number of fused-ring (bicyclic) bond motifs is 3. The number of oxime groups is 1. The van der Waals surface area contributed by atoms with E-state index in [0.717, 1.165) is 49.7 Å². The van der Waals surface area contributed by atoms with Crippen molar-refractivity contribution in [1.82, 2.24) is 4.57 Å². The summed E-state index contributed by atoms with van der Waals surface area (Å²) in [6.45, 7) is 3.17. The maximum absolute atomic E-state index is 13.6. The van der Waals surface area contributed by atoms with Gasteiger partial charge < -0.3 is 9.40 Å². The number of ketones is 1. The zero-order valence-corrected chi connectivity index (χ0v) is 21.3. The summed E-state index contributed by atoms with van der Waals surface area (Å²) in [7, 11) is 0. The average molecular weight is 524 g/mol. The number of para-hydroxylation sites is 1. The Morgan fingerprint density at radius 1 is 0.895 bits per heavy atom. The van der Waals surface area contributed by atoms with Crippen LogP contribution in [-0.2, 0) is 9.63 Å². The molecule has 0 bridgehead atoms. The molecule has 0 aliphatic carbocycles. The third kappa shape index (κ3) is 4.91. The van der Waals surface area contributed by atoms with E-state index in [1.807, 2.05) is 66.1 Å². The van der Waals surface area contributed by atoms with Crippen LogP contribution in [0.4, 0.5) is 5.69 Å². The number of non-ortho nitro benzene ring substituents is 1. The van der Waals surface area contributed by atoms with E-state index < -0.39 is 10.9 Å². The third-order valence-corrected chi connectivity index (χ3v) is 6.85. The van der Waals surface area contributed by atoms with Crippen LogP contribution in [0.25, 0.3) is 27.5 Å². The van der Waals surface area contributed by atoms with Gasteiger partial charge in [0.1, 0.15) is 0 Å². The van der Waals surface area contributed by atoms with Gasteiger partial charge in [0.05, 0.1) is 16.0 Å². The Bertz CT molecular complexity index is 1760. The van der Waals surface area contributed by atoms with Crippen molar-refractivity contribution >= 4 is 56.1 Å². The molecule has 0 saturated carbocycles. The van der Waals surface area contributed by atoms with E-state index >= 15 is 0 Å². The number of nitro benzene ring substituents is 1. The minimum Gasteiger partial charge on any atom is -0.317 e. The standard InChI is InChI=1S/C29H21N3O5S/c1-18-6-5-7-23(16-18)38-29(30-37-19(2)33)28(34)20-10-15-27-25(17-20)24-8-3-4-9-26(24)31(27)21-11-13-22(14-12-21)32(35)36/h3-17H,1-2H3. The highest BCUT2D eigenvalue weighted by atomic mass is 32.2. The number of aryl methyl sites for hydroxylation is 1. The molecule has 8 nitrogen and oxygen atoms in total. The first-order valence-corrected chi connectivity index (χ1v) is 12.5. The van der Waals surface area contributed by atoms with Gasteiger partial charge in [-0.3, -0.25) is 14.9 Å². The Labute approximate surface area is 221 Å². The smallest absolute Gasteiger partial charge is 0.317 e. The monoisotopic (exact) mass is 523 g/mol. The molecule has 0 atom stereocenters. The molecule has 0 aliphatic rings. The fourth-order valence-electron chi connectivity index (χ4n) is 4.24. The quantitative estimate of drug-likeness (QED) is 0.0458. The molecule has 0 unspecified atom stereocenters. The lowest BCUT2D eigenvalue weighted by Crippen LogP contribution is -2.12. The second-order valence-electron chi connectivity index (χ2n) is 8.58. The molecular weight excluding hydrogens is 502 g/mol. The maximum atomic E-state index is 13.6. The number of hydrogen-bond acceptors (Lipinski definition) is 7. The predicted molar refractivity (Wildman–Crippen MR) is 148 cm³/mol. The lowest BCUT2D eigenvalue weighted by atomic mass is 10.1. The Morgan fingerprint density at radius 3 is 2.34 bits per heavy atom. The first kappa shape index (κ1) is 24.9. The van der Waals surface area contributed by atoms with Crippen molar-refractivity contribution in [3.63, 3.8) is 0 Å². The van der Waals surface area contributed by atoms with Crippen LogP contribution in [-0.4, -0.2) is 26.3 Å². The van der Waals surface area contributed by atoms with Crippen LogP contribution in [0.5, 0.6) is 0 Å². The van der Waals surface area contributed by atoms with Crippen molar-refractivity contribution in [3.05, 3.63) is 112 Å². The molecule has 5 rings (SSSR count). The Kier molecular flexibility index (Phi) is 6.76. The highest BCUT2D eigenvalue weighted by Crippen LogP contribution is 2.34. The number of carbonyl (C=O) groups is 2. The first-order valence-electron chi connectivity index (χ1n) is 11.6. The summed E-state index contributed by atoms with van der Waals surface area (Å²) in [5, 5.41) is 16.8. The fraction of sp³-hybridized carbons (Fsp3) is 0.0690. The van der Waals surface area contributed by atoms with Crippen LogP contribution in [0.1, 0.15) is 22.8 Å². The molecule has 188 valence electrons. The lowest BCUT2D eigenvalue weighted by molar-refractivity contribution is -0.384. The number of hydrogen-bond donors (Lipinski definition) is 0. The summed E-state index contributed by atoms with van der Waals surface area (Å²) in [4.78, 5) is 41.4. The molecule has 5 aromatic rings. The summed E-state index contributed by atoms with van der Waals surface area (Å²) in [6.07, 6.45) is 0. The van der Waals surface area contributed by atoms with Gasteiger partial charge in [-0.2, -0.15) is 0 Å². The van der Waals surface area contributed by atoms with Gasteiger partial charge in [0.2, 0.25) is 5.78 Å². The van der Waals surface area contributed by atoms with Gasteiger partial charge in [0.15, 0.2) is 5.04 Å². The molecule has 0 N–H and O–H groups in total. The van der Waals surface area contributed by atoms with Gasteiger partial charge in [-0.15, -0.1) is 0 Å². The van der Waals surface area contributed by atoms with E-state index in [1.54, 1.807) is 24.3 Å². The zero-order valence-electron chi connectivity index (χ0n) is 20.5. The van der Waals surface area contributed by atoms with Crippen LogP contribution in [0, 0.1) is 17.0 Å². The summed E-state index contributed by atoms with van der Waals surface area (Å²) in [6, 6.07) is 27.0. The van der Waals surface area contributed by atoms with Crippen molar-refractivity contribution in [2.24, 2.45) is 5.16 Å². The number of thioether (sulfide) groups is 1. The number of nitrogens with zero attached hydrogens (tertiary/aromatic N) is 3. The first-order chi connectivity index (χ1) is 18.3. The third-order valence-electron chi connectivity index (χ3n) is 5.91. The number of aromatic nitrogens is 1. The molecule has 0 saturated heterocycles. The van der Waals surface area contributed by atoms with E-state index in [2.05, 4.69) is 5.16 Å². The minimum absolute atomic E-state index is 0.00751. The number of carbonyl (C=O) groups excluding carboxylic acids is 2. The molecular formula is C29H21N3O5S. The van der Waals surface area contributed by atoms with Crippen LogP contribution >= 0.6 is 11.8 Å². The second kappa shape index (κ2) is 10.3. The number of benzene rings is 4. The van der Waals surface area contributed by atoms with E-state index in [9.17, 15) is 19.7 Å². The van der Waals surface area contributed by atoms with Crippen molar-refractivity contribution in [1.29, 1.82) is 0 Å². The average Bonchev–Trinajstić information content (AvgIpc) is 3.24. The van der Waals surface area contributed by atoms with Gasteiger partial charge in [0.25, 0.3) is 5.69 Å². The Balaban J connectivity index is 1.60. The summed E-state index contributed by atoms with van der Waals surface area (Å²) in [5.41, 5.74) is 3.90. The van der Waals surface area contributed by atoms with Crippen LogP contribution < -0.4 is 0 Å². The molecule has 9 heteroatoms. The molecule has 1 aromatic heterocycles. The topological polar surface area (TPSA) is 104 Å². The molecule has 4 aromatic carbocycles. The summed E-state index contributed by atoms with van der Waals surface area (Å²) < 4.78 is 2.00. The Hall–Kier alpha value is -4.76. The van der Waals surface area contributed by atoms with Crippen LogP contribution in [0.15, 0.2) is 101 Å². The number of nitro groups is 1. The van der Waals surface area contributed by atoms with E-state index in [0.29, 0.717) is 5.56 Å². The van der Waals surface area contributed by atoms with Gasteiger partial charge in [0, 0.05) is 46.0 Å². The van der Waals surface area contributed by atoms with E-state index in [4.69, 9.17) is 4.84 Å². The highest BCUT2D eigenvalue weighted by Gasteiger charge is 2.20. The fourth-order valence-corrected chi connectivity index (χ4v) is 5.14. The lowest BCUT2D eigenvalue weighted by Gasteiger charge is -2.08. The van der Waals surface area contributed by atoms with Gasteiger partial charge >= 0.3 is 5.97 Å². The van der Waals surface area contributed by atoms with Crippen molar-refractivity contribution in [2.45, 2.75) is 18.7 Å². The van der Waals surface area contributed by atoms with Crippen LogP contribution in [0.2, 0.25) is 0 Å². The minimum atomic E-state index is -0.623. The Morgan fingerprint density at radius 2 is 1.63 bits per heavy atom. The van der Waals surface area contributed by atoms with Crippen molar-refractivity contribution in [3.8, 4) is 5.69 Å².